The van der Waals surface area contributed by atoms with E-state index in [9.17, 15) is 13.2 Å². The van der Waals surface area contributed by atoms with Gasteiger partial charge in [-0.15, -0.1) is 0 Å². The number of ketones is 1. The van der Waals surface area contributed by atoms with Crippen molar-refractivity contribution in [3.05, 3.63) is 30.3 Å². The molecular weight excluding hydrogens is 290 g/mol. The number of para-hydroxylation sites is 1. The van der Waals surface area contributed by atoms with Crippen molar-refractivity contribution < 1.29 is 17.9 Å². The number of benzene rings is 1. The van der Waals surface area contributed by atoms with E-state index in [0.717, 1.165) is 12.8 Å². The van der Waals surface area contributed by atoms with E-state index in [0.29, 0.717) is 25.3 Å². The van der Waals surface area contributed by atoms with Crippen LogP contribution in [-0.4, -0.2) is 44.5 Å². The Morgan fingerprint density at radius 3 is 2.71 bits per heavy atom. The van der Waals surface area contributed by atoms with Crippen molar-refractivity contribution in [3.8, 4) is 5.75 Å². The van der Waals surface area contributed by atoms with Crippen LogP contribution in [0.2, 0.25) is 0 Å². The Balaban J connectivity index is 1.80. The summed E-state index contributed by atoms with van der Waals surface area (Å²) in [5, 5.41) is 0. The van der Waals surface area contributed by atoms with E-state index in [1.165, 1.54) is 10.6 Å². The molecule has 0 aromatic heterocycles. The third kappa shape index (κ3) is 5.13. The van der Waals surface area contributed by atoms with Crippen LogP contribution in [0.4, 0.5) is 0 Å². The second kappa shape index (κ2) is 7.04. The van der Waals surface area contributed by atoms with Gasteiger partial charge in [0.2, 0.25) is 10.0 Å². The molecule has 1 aliphatic rings. The molecule has 1 fully saturated rings. The Labute approximate surface area is 126 Å². The van der Waals surface area contributed by atoms with Crippen LogP contribution in [0.5, 0.6) is 5.75 Å². The molecule has 0 bridgehead atoms. The minimum absolute atomic E-state index is 0.0132. The Bertz CT molecular complexity index is 571. The SMILES string of the molecule is CS(=O)(=O)N1CCCC(CC(=O)COc2ccccc2)C1. The molecule has 1 unspecified atom stereocenters. The van der Waals surface area contributed by atoms with Crippen LogP contribution in [-0.2, 0) is 14.8 Å². The molecule has 0 radical (unpaired) electrons. The maximum absolute atomic E-state index is 11.9. The summed E-state index contributed by atoms with van der Waals surface area (Å²) in [6.45, 7) is 1.04. The Hall–Kier alpha value is -1.40. The number of hydrogen-bond donors (Lipinski definition) is 0. The average Bonchev–Trinajstić information content (AvgIpc) is 2.46. The first-order chi connectivity index (χ1) is 9.95. The minimum Gasteiger partial charge on any atom is -0.486 e. The normalized spacial score (nSPS) is 20.1. The van der Waals surface area contributed by atoms with Crippen LogP contribution < -0.4 is 4.74 Å². The molecule has 6 heteroatoms. The molecule has 1 aromatic rings. The van der Waals surface area contributed by atoms with Gasteiger partial charge in [-0.25, -0.2) is 12.7 Å². The van der Waals surface area contributed by atoms with Gasteiger partial charge in [-0.2, -0.15) is 0 Å². The van der Waals surface area contributed by atoms with Crippen molar-refractivity contribution in [2.45, 2.75) is 19.3 Å². The molecule has 5 nitrogen and oxygen atoms in total. The van der Waals surface area contributed by atoms with E-state index < -0.39 is 10.0 Å². The number of ether oxygens (including phenoxy) is 1. The molecule has 1 heterocycles. The second-order valence-electron chi connectivity index (χ2n) is 5.47. The van der Waals surface area contributed by atoms with Crippen LogP contribution in [0, 0.1) is 5.92 Å². The maximum Gasteiger partial charge on any atom is 0.211 e. The highest BCUT2D eigenvalue weighted by Crippen LogP contribution is 2.21. The van der Waals surface area contributed by atoms with Crippen LogP contribution in [0.3, 0.4) is 0 Å². The van der Waals surface area contributed by atoms with Crippen molar-refractivity contribution >= 4 is 15.8 Å². The van der Waals surface area contributed by atoms with Gasteiger partial charge in [-0.05, 0) is 30.9 Å². The molecule has 0 aliphatic carbocycles. The van der Waals surface area contributed by atoms with E-state index in [-0.39, 0.29) is 18.3 Å². The van der Waals surface area contributed by atoms with Crippen molar-refractivity contribution in [2.75, 3.05) is 26.0 Å². The van der Waals surface area contributed by atoms with Gasteiger partial charge in [-0.1, -0.05) is 18.2 Å². The van der Waals surface area contributed by atoms with Gasteiger partial charge in [0.25, 0.3) is 0 Å². The van der Waals surface area contributed by atoms with E-state index in [2.05, 4.69) is 0 Å². The molecule has 116 valence electrons. The van der Waals surface area contributed by atoms with Crippen molar-refractivity contribution in [1.82, 2.24) is 4.31 Å². The molecule has 0 spiro atoms. The number of sulfonamides is 1. The highest BCUT2D eigenvalue weighted by atomic mass is 32.2. The fraction of sp³-hybridized carbons (Fsp3) is 0.533. The van der Waals surface area contributed by atoms with Crippen LogP contribution in [0.25, 0.3) is 0 Å². The average molecular weight is 311 g/mol. The van der Waals surface area contributed by atoms with Gasteiger partial charge < -0.3 is 4.74 Å². The molecular formula is C15H21NO4S. The Morgan fingerprint density at radius 1 is 1.33 bits per heavy atom. The molecule has 0 amide bonds. The van der Waals surface area contributed by atoms with Gasteiger partial charge in [0, 0.05) is 19.5 Å². The van der Waals surface area contributed by atoms with Gasteiger partial charge >= 0.3 is 0 Å². The third-order valence-corrected chi connectivity index (χ3v) is 4.88. The molecule has 1 aliphatic heterocycles. The predicted molar refractivity (Wildman–Crippen MR) is 80.7 cm³/mol. The number of rotatable bonds is 6. The van der Waals surface area contributed by atoms with Crippen molar-refractivity contribution in [1.29, 1.82) is 0 Å². The largest absolute Gasteiger partial charge is 0.486 e. The van der Waals surface area contributed by atoms with Crippen molar-refractivity contribution in [2.24, 2.45) is 5.92 Å². The summed E-state index contributed by atoms with van der Waals surface area (Å²) in [6.07, 6.45) is 3.29. The zero-order valence-corrected chi connectivity index (χ0v) is 13.0. The number of carbonyl (C=O) groups excluding carboxylic acids is 1. The quantitative estimate of drug-likeness (QED) is 0.802. The molecule has 1 aromatic carbocycles. The summed E-state index contributed by atoms with van der Waals surface area (Å²) in [5.41, 5.74) is 0. The lowest BCUT2D eigenvalue weighted by molar-refractivity contribution is -0.122. The van der Waals surface area contributed by atoms with Crippen molar-refractivity contribution in [3.63, 3.8) is 0 Å². The molecule has 0 N–H and O–H groups in total. The number of piperidine rings is 1. The summed E-state index contributed by atoms with van der Waals surface area (Å²) in [5.74, 6) is 0.784. The molecule has 1 saturated heterocycles. The molecule has 1 atom stereocenters. The number of nitrogens with zero attached hydrogens (tertiary/aromatic N) is 1. The fourth-order valence-electron chi connectivity index (χ4n) is 2.56. The van der Waals surface area contributed by atoms with E-state index >= 15 is 0 Å². The molecule has 2 rings (SSSR count). The lowest BCUT2D eigenvalue weighted by atomic mass is 9.94. The van der Waals surface area contributed by atoms with Gasteiger partial charge in [0.15, 0.2) is 5.78 Å². The van der Waals surface area contributed by atoms with Gasteiger partial charge in [-0.3, -0.25) is 4.79 Å². The Kier molecular flexibility index (Phi) is 5.36. The monoisotopic (exact) mass is 311 g/mol. The van der Waals surface area contributed by atoms with Crippen LogP contribution in [0.1, 0.15) is 19.3 Å². The highest BCUT2D eigenvalue weighted by molar-refractivity contribution is 7.88. The van der Waals surface area contributed by atoms with Crippen LogP contribution >= 0.6 is 0 Å². The van der Waals surface area contributed by atoms with E-state index in [1.54, 1.807) is 12.1 Å². The lowest BCUT2D eigenvalue weighted by Crippen LogP contribution is -2.40. The predicted octanol–water partition coefficient (Wildman–Crippen LogP) is 1.70. The highest BCUT2D eigenvalue weighted by Gasteiger charge is 2.27. The smallest absolute Gasteiger partial charge is 0.211 e. The number of hydrogen-bond acceptors (Lipinski definition) is 4. The van der Waals surface area contributed by atoms with Gasteiger partial charge in [0.05, 0.1) is 6.26 Å². The Morgan fingerprint density at radius 2 is 2.05 bits per heavy atom. The first kappa shape index (κ1) is 16.0. The van der Waals surface area contributed by atoms with E-state index in [1.807, 2.05) is 18.2 Å². The number of Topliss-reactive ketones (excluding diaryl/α,β-unsaturated/α-hetero) is 1. The lowest BCUT2D eigenvalue weighted by Gasteiger charge is -2.30. The first-order valence-corrected chi connectivity index (χ1v) is 8.94. The van der Waals surface area contributed by atoms with Gasteiger partial charge in [0.1, 0.15) is 12.4 Å². The third-order valence-electron chi connectivity index (χ3n) is 3.61. The first-order valence-electron chi connectivity index (χ1n) is 7.10. The zero-order chi connectivity index (χ0) is 15.3. The fourth-order valence-corrected chi connectivity index (χ4v) is 3.50. The standard InChI is InChI=1S/C15H21NO4S/c1-21(18,19)16-9-5-6-13(11-16)10-14(17)12-20-15-7-3-2-4-8-15/h2-4,7-8,13H,5-6,9-12H2,1H3. The summed E-state index contributed by atoms with van der Waals surface area (Å²) in [7, 11) is -3.16. The summed E-state index contributed by atoms with van der Waals surface area (Å²) >= 11 is 0. The maximum atomic E-state index is 11.9. The molecule has 21 heavy (non-hydrogen) atoms. The van der Waals surface area contributed by atoms with Crippen LogP contribution in [0.15, 0.2) is 30.3 Å². The minimum atomic E-state index is -3.16. The zero-order valence-electron chi connectivity index (χ0n) is 12.2. The van der Waals surface area contributed by atoms with E-state index in [4.69, 9.17) is 4.74 Å². The summed E-state index contributed by atoms with van der Waals surface area (Å²) in [6, 6.07) is 9.20. The number of carbonyl (C=O) groups is 1. The summed E-state index contributed by atoms with van der Waals surface area (Å²) in [4.78, 5) is 11.9. The topological polar surface area (TPSA) is 63.7 Å². The summed E-state index contributed by atoms with van der Waals surface area (Å²) < 4.78 is 30.0. The second-order valence-corrected chi connectivity index (χ2v) is 7.46. The molecule has 0 saturated carbocycles.